The highest BCUT2D eigenvalue weighted by atomic mass is 32.1. The van der Waals surface area contributed by atoms with Gasteiger partial charge in [0, 0.05) is 12.1 Å². The lowest BCUT2D eigenvalue weighted by Gasteiger charge is -2.40. The summed E-state index contributed by atoms with van der Waals surface area (Å²) in [6.07, 6.45) is -10.4. The molecule has 0 bridgehead atoms. The minimum Gasteiger partial charge on any atom is -0.454 e. The van der Waals surface area contributed by atoms with Gasteiger partial charge in [-0.3, -0.25) is 14.4 Å². The molecule has 0 aliphatic carbocycles. The Balaban J connectivity index is 1.55. The third-order valence-corrected chi connectivity index (χ3v) is 6.44. The highest BCUT2D eigenvalue weighted by Gasteiger charge is 2.51. The van der Waals surface area contributed by atoms with E-state index in [0.717, 1.165) is 12.1 Å². The van der Waals surface area contributed by atoms with Crippen molar-refractivity contribution >= 4 is 34.7 Å². The van der Waals surface area contributed by atoms with Crippen LogP contribution in [0, 0.1) is 0 Å². The van der Waals surface area contributed by atoms with E-state index < -0.39 is 39.5 Å². The van der Waals surface area contributed by atoms with Crippen LogP contribution in [0.3, 0.4) is 0 Å². The first kappa shape index (κ1) is 24.8. The Morgan fingerprint density at radius 3 is 2.14 bits per heavy atom. The number of fused-ring (bicyclic) bond motifs is 1. The van der Waals surface area contributed by atoms with Crippen LogP contribution in [0.5, 0.6) is 11.5 Å². The molecule has 35 heavy (non-hydrogen) atoms. The molecule has 2 aliphatic heterocycles. The average Bonchev–Trinajstić information content (AvgIpc) is 3.46. The van der Waals surface area contributed by atoms with E-state index in [1.807, 2.05) is 0 Å². The number of alkyl halides is 6. The average molecular weight is 525 g/mol. The van der Waals surface area contributed by atoms with Gasteiger partial charge < -0.3 is 14.4 Å². The number of ketones is 1. The van der Waals surface area contributed by atoms with Crippen molar-refractivity contribution < 1.29 is 55.0 Å². The molecule has 188 valence electrons. The number of hydrogen-bond acceptors (Lipinski definition) is 7. The lowest BCUT2D eigenvalue weighted by atomic mass is 10.2. The van der Waals surface area contributed by atoms with Crippen molar-refractivity contribution in [1.29, 1.82) is 0 Å². The molecule has 8 nitrogen and oxygen atoms in total. The van der Waals surface area contributed by atoms with Gasteiger partial charge in [-0.2, -0.15) is 26.3 Å². The summed E-state index contributed by atoms with van der Waals surface area (Å²) < 4.78 is 86.4. The number of quaternary nitrogens is 1. The van der Waals surface area contributed by atoms with Gasteiger partial charge >= 0.3 is 18.3 Å². The summed E-state index contributed by atoms with van der Waals surface area (Å²) >= 11 is 0.363. The number of amides is 1. The first-order valence-electron chi connectivity index (χ1n) is 9.89. The Bertz CT molecular complexity index is 1170. The number of ether oxygens (including phenoxy) is 2. The van der Waals surface area contributed by atoms with Gasteiger partial charge in [0.15, 0.2) is 17.2 Å². The molecule has 2 aromatic rings. The van der Waals surface area contributed by atoms with Crippen molar-refractivity contribution in [2.45, 2.75) is 12.4 Å². The van der Waals surface area contributed by atoms with Crippen LogP contribution < -0.4 is 14.1 Å². The van der Waals surface area contributed by atoms with E-state index >= 15 is 0 Å². The molecule has 2 aliphatic rings. The van der Waals surface area contributed by atoms with E-state index in [9.17, 15) is 40.7 Å². The van der Waals surface area contributed by atoms with Gasteiger partial charge in [-0.05, 0) is 18.2 Å². The number of carbonyl (C=O) groups excluding carboxylic acids is 3. The number of hydroxylamine groups is 2. The molecule has 1 fully saturated rings. The maximum atomic E-state index is 13.0. The van der Waals surface area contributed by atoms with Crippen molar-refractivity contribution in [2.75, 3.05) is 33.0 Å². The SMILES string of the molecule is O=C(c1ccc(C(=O)C(F)(F)F)s1)N1CC[N+](OC(=O)C(F)(F)F)(c2ccc3c(c2)OCO3)CC1. The number of hydrogen-bond donors (Lipinski definition) is 0. The van der Waals surface area contributed by atoms with E-state index in [1.54, 1.807) is 0 Å². The number of carbonyl (C=O) groups is 3. The second kappa shape index (κ2) is 8.71. The van der Waals surface area contributed by atoms with Gasteiger partial charge in [0.2, 0.25) is 6.79 Å². The summed E-state index contributed by atoms with van der Waals surface area (Å²) in [6, 6.07) is 6.18. The standard InChI is InChI=1S/C20H15F6N2O6S/c21-19(22,23)16(29)14-3-4-15(35-14)17(30)27-5-7-28(8-6-27,34-18(31)20(24,25)26)11-1-2-12-13(9-11)33-10-32-12/h1-4,9H,5-8,10H2/q+1. The molecule has 0 unspecified atom stereocenters. The number of nitrogens with zero attached hydrogens (tertiary/aromatic N) is 2. The molecule has 0 spiro atoms. The van der Waals surface area contributed by atoms with Crippen molar-refractivity contribution in [3.8, 4) is 11.5 Å². The molecule has 0 N–H and O–H groups in total. The Kier molecular flexibility index (Phi) is 6.17. The summed E-state index contributed by atoms with van der Waals surface area (Å²) in [5.74, 6) is -4.63. The van der Waals surface area contributed by atoms with Crippen LogP contribution in [-0.4, -0.2) is 67.9 Å². The molecule has 1 aromatic carbocycles. The lowest BCUT2D eigenvalue weighted by molar-refractivity contribution is -0.238. The van der Waals surface area contributed by atoms with Gasteiger partial charge in [-0.15, -0.1) is 11.3 Å². The van der Waals surface area contributed by atoms with Crippen LogP contribution in [0.25, 0.3) is 0 Å². The van der Waals surface area contributed by atoms with E-state index in [-0.39, 0.29) is 49.3 Å². The number of thiophene rings is 1. The fourth-order valence-electron chi connectivity index (χ4n) is 3.61. The fourth-order valence-corrected chi connectivity index (χ4v) is 4.55. The molecular weight excluding hydrogens is 510 g/mol. The molecule has 1 saturated heterocycles. The van der Waals surface area contributed by atoms with Crippen LogP contribution >= 0.6 is 11.3 Å². The van der Waals surface area contributed by atoms with Crippen molar-refractivity contribution in [3.05, 3.63) is 40.1 Å². The topological polar surface area (TPSA) is 82.1 Å². The molecule has 3 heterocycles. The minimum atomic E-state index is -5.27. The van der Waals surface area contributed by atoms with E-state index in [2.05, 4.69) is 0 Å². The van der Waals surface area contributed by atoms with Crippen LogP contribution in [0.4, 0.5) is 32.0 Å². The second-order valence-electron chi connectivity index (χ2n) is 7.53. The third-order valence-electron chi connectivity index (χ3n) is 5.36. The summed E-state index contributed by atoms with van der Waals surface area (Å²) in [5.41, 5.74) is 0.146. The van der Waals surface area contributed by atoms with Gasteiger partial charge in [-0.25, -0.2) is 4.79 Å². The minimum absolute atomic E-state index is 0.0942. The fraction of sp³-hybridized carbons (Fsp3) is 0.350. The van der Waals surface area contributed by atoms with Crippen LogP contribution in [0.15, 0.2) is 30.3 Å². The van der Waals surface area contributed by atoms with Gasteiger partial charge in [-0.1, -0.05) is 4.65 Å². The summed E-state index contributed by atoms with van der Waals surface area (Å²) in [7, 11) is 0. The zero-order valence-corrected chi connectivity index (χ0v) is 18.3. The maximum Gasteiger partial charge on any atom is 0.497 e. The highest BCUT2D eigenvalue weighted by molar-refractivity contribution is 7.16. The summed E-state index contributed by atoms with van der Waals surface area (Å²) in [4.78, 5) is 41.1. The van der Waals surface area contributed by atoms with Crippen molar-refractivity contribution in [1.82, 2.24) is 9.55 Å². The molecule has 15 heteroatoms. The van der Waals surface area contributed by atoms with Crippen LogP contribution in [0.2, 0.25) is 0 Å². The Labute approximate surface area is 196 Å². The number of benzene rings is 1. The highest BCUT2D eigenvalue weighted by Crippen LogP contribution is 2.39. The number of piperazine rings is 1. The Hall–Kier alpha value is -3.33. The van der Waals surface area contributed by atoms with Crippen molar-refractivity contribution in [3.63, 3.8) is 0 Å². The molecule has 0 atom stereocenters. The lowest BCUT2D eigenvalue weighted by Crippen LogP contribution is -2.63. The third kappa shape index (κ3) is 4.91. The van der Waals surface area contributed by atoms with Gasteiger partial charge in [0.05, 0.1) is 22.8 Å². The molecular formula is C20H15F6N2O6S+. The largest absolute Gasteiger partial charge is 0.497 e. The smallest absolute Gasteiger partial charge is 0.454 e. The van der Waals surface area contributed by atoms with Crippen molar-refractivity contribution in [2.24, 2.45) is 0 Å². The predicted molar refractivity (Wildman–Crippen MR) is 107 cm³/mol. The number of halogens is 6. The first-order chi connectivity index (χ1) is 16.3. The second-order valence-corrected chi connectivity index (χ2v) is 8.62. The maximum absolute atomic E-state index is 13.0. The normalized spacial score (nSPS) is 17.3. The summed E-state index contributed by atoms with van der Waals surface area (Å²) in [5, 5.41) is 0. The van der Waals surface area contributed by atoms with Gasteiger partial charge in [0.25, 0.3) is 11.7 Å². The first-order valence-corrected chi connectivity index (χ1v) is 10.7. The van der Waals surface area contributed by atoms with Crippen LogP contribution in [-0.2, 0) is 9.63 Å². The zero-order chi connectivity index (χ0) is 25.6. The van der Waals surface area contributed by atoms with E-state index in [4.69, 9.17) is 14.3 Å². The Morgan fingerprint density at radius 2 is 1.51 bits per heavy atom. The molecule has 1 amide bonds. The monoisotopic (exact) mass is 525 g/mol. The quantitative estimate of drug-likeness (QED) is 0.344. The van der Waals surface area contributed by atoms with Gasteiger partial charge in [0.1, 0.15) is 13.1 Å². The molecule has 1 aromatic heterocycles. The number of rotatable bonds is 4. The van der Waals surface area contributed by atoms with Crippen LogP contribution in [0.1, 0.15) is 19.3 Å². The number of Topliss-reactive ketones (excluding diaryl/α,β-unsaturated/α-hetero) is 1. The molecule has 4 rings (SSSR count). The molecule has 0 radical (unpaired) electrons. The summed E-state index contributed by atoms with van der Waals surface area (Å²) in [6.45, 7) is -1.05. The van der Waals surface area contributed by atoms with E-state index in [0.29, 0.717) is 17.1 Å². The van der Waals surface area contributed by atoms with E-state index in [1.165, 1.54) is 23.1 Å². The zero-order valence-electron chi connectivity index (χ0n) is 17.4. The Morgan fingerprint density at radius 1 is 0.886 bits per heavy atom. The predicted octanol–water partition coefficient (Wildman–Crippen LogP) is 3.71. The molecule has 0 saturated carbocycles.